The number of nitrogens with one attached hydrogen (secondary N) is 1. The average Bonchev–Trinajstić information content (AvgIpc) is 2.39. The van der Waals surface area contributed by atoms with Crippen LogP contribution in [0, 0.1) is 0 Å². The van der Waals surface area contributed by atoms with Crippen molar-refractivity contribution in [2.75, 3.05) is 5.32 Å². The van der Waals surface area contributed by atoms with Crippen molar-refractivity contribution < 1.29 is 9.90 Å². The number of aromatic hydroxyl groups is 1. The lowest BCUT2D eigenvalue weighted by Crippen LogP contribution is -2.12. The van der Waals surface area contributed by atoms with E-state index in [-0.39, 0.29) is 11.3 Å². The second-order valence-corrected chi connectivity index (χ2v) is 4.96. The number of carbonyl (C=O) groups excluding carboxylic acids is 1. The van der Waals surface area contributed by atoms with Gasteiger partial charge in [0.05, 0.1) is 10.6 Å². The van der Waals surface area contributed by atoms with Crippen molar-refractivity contribution in [3.63, 3.8) is 0 Å². The Bertz CT molecular complexity index is 639. The highest BCUT2D eigenvalue weighted by Gasteiger charge is 2.09. The molecule has 20 heavy (non-hydrogen) atoms. The molecule has 0 heterocycles. The average molecular weight is 311 g/mol. The lowest BCUT2D eigenvalue weighted by Gasteiger charge is -2.11. The van der Waals surface area contributed by atoms with Gasteiger partial charge in [-0.15, -0.1) is 0 Å². The molecular formula is C14H12Cl2N2O2. The summed E-state index contributed by atoms with van der Waals surface area (Å²) in [5.74, 6) is -0.492. The molecule has 0 saturated carbocycles. The maximum Gasteiger partial charge on any atom is 0.250 e. The molecule has 104 valence electrons. The molecular weight excluding hydrogens is 299 g/mol. The van der Waals surface area contributed by atoms with Crippen molar-refractivity contribution in [3.8, 4) is 5.75 Å². The summed E-state index contributed by atoms with van der Waals surface area (Å²) in [7, 11) is 0. The minimum Gasteiger partial charge on any atom is -0.508 e. The van der Waals surface area contributed by atoms with Crippen LogP contribution in [-0.2, 0) is 6.54 Å². The number of rotatable bonds is 4. The number of phenolic OH excluding ortho intramolecular Hbond substituents is 1. The second kappa shape index (κ2) is 6.03. The maximum atomic E-state index is 11.2. The van der Waals surface area contributed by atoms with Crippen molar-refractivity contribution in [2.45, 2.75) is 6.54 Å². The largest absolute Gasteiger partial charge is 0.508 e. The fraction of sp³-hybridized carbons (Fsp3) is 0.0714. The van der Waals surface area contributed by atoms with Crippen molar-refractivity contribution in [3.05, 3.63) is 57.6 Å². The molecule has 0 radical (unpaired) electrons. The third kappa shape index (κ3) is 3.15. The van der Waals surface area contributed by atoms with Crippen LogP contribution >= 0.6 is 23.2 Å². The second-order valence-electron chi connectivity index (χ2n) is 4.15. The number of nitrogens with two attached hydrogens (primary N) is 1. The van der Waals surface area contributed by atoms with Crippen LogP contribution in [0.1, 0.15) is 15.9 Å². The number of hydrogen-bond donors (Lipinski definition) is 3. The van der Waals surface area contributed by atoms with E-state index in [1.807, 2.05) is 0 Å². The van der Waals surface area contributed by atoms with E-state index < -0.39 is 5.91 Å². The van der Waals surface area contributed by atoms with E-state index in [2.05, 4.69) is 5.32 Å². The Balaban J connectivity index is 2.19. The van der Waals surface area contributed by atoms with Crippen molar-refractivity contribution in [1.82, 2.24) is 0 Å². The number of hydrogen-bond acceptors (Lipinski definition) is 3. The first-order valence-corrected chi connectivity index (χ1v) is 6.54. The van der Waals surface area contributed by atoms with Gasteiger partial charge in [-0.1, -0.05) is 29.3 Å². The van der Waals surface area contributed by atoms with Gasteiger partial charge in [0, 0.05) is 22.8 Å². The number of carbonyl (C=O) groups is 1. The van der Waals surface area contributed by atoms with Crippen LogP contribution < -0.4 is 11.1 Å². The monoisotopic (exact) mass is 310 g/mol. The topological polar surface area (TPSA) is 75.4 Å². The molecule has 2 aromatic carbocycles. The molecule has 0 bridgehead atoms. The van der Waals surface area contributed by atoms with Gasteiger partial charge < -0.3 is 16.2 Å². The van der Waals surface area contributed by atoms with E-state index in [0.29, 0.717) is 27.8 Å². The van der Waals surface area contributed by atoms with Gasteiger partial charge in [0.1, 0.15) is 5.75 Å². The van der Waals surface area contributed by atoms with Gasteiger partial charge in [0.2, 0.25) is 5.91 Å². The maximum absolute atomic E-state index is 11.2. The first-order valence-electron chi connectivity index (χ1n) is 5.78. The highest BCUT2D eigenvalue weighted by Crippen LogP contribution is 2.27. The van der Waals surface area contributed by atoms with Crippen LogP contribution in [0.3, 0.4) is 0 Å². The molecule has 4 N–H and O–H groups in total. The number of halogens is 2. The van der Waals surface area contributed by atoms with Gasteiger partial charge in [0.15, 0.2) is 0 Å². The van der Waals surface area contributed by atoms with E-state index in [1.165, 1.54) is 0 Å². The summed E-state index contributed by atoms with van der Waals surface area (Å²) in [6.45, 7) is 0.311. The molecule has 2 aromatic rings. The van der Waals surface area contributed by atoms with Crippen molar-refractivity contribution in [1.29, 1.82) is 0 Å². The third-order valence-electron chi connectivity index (χ3n) is 2.80. The molecule has 0 fully saturated rings. The zero-order chi connectivity index (χ0) is 14.7. The summed E-state index contributed by atoms with van der Waals surface area (Å²) in [5.41, 5.74) is 6.69. The molecule has 4 nitrogen and oxygen atoms in total. The van der Waals surface area contributed by atoms with Crippen LogP contribution in [0.2, 0.25) is 10.0 Å². The molecule has 0 unspecified atom stereocenters. The van der Waals surface area contributed by atoms with E-state index in [9.17, 15) is 9.90 Å². The van der Waals surface area contributed by atoms with Gasteiger partial charge in [-0.25, -0.2) is 0 Å². The minimum atomic E-state index is -0.598. The van der Waals surface area contributed by atoms with E-state index in [4.69, 9.17) is 28.9 Å². The quantitative estimate of drug-likeness (QED) is 0.810. The smallest absolute Gasteiger partial charge is 0.250 e. The number of benzene rings is 2. The van der Waals surface area contributed by atoms with Gasteiger partial charge in [-0.2, -0.15) is 0 Å². The zero-order valence-corrected chi connectivity index (χ0v) is 11.9. The molecule has 2 rings (SSSR count). The number of amides is 1. The Kier molecular flexibility index (Phi) is 4.37. The summed E-state index contributed by atoms with van der Waals surface area (Å²) >= 11 is 11.9. The van der Waals surface area contributed by atoms with E-state index in [0.717, 1.165) is 0 Å². The predicted molar refractivity (Wildman–Crippen MR) is 80.4 cm³/mol. The Morgan fingerprint density at radius 3 is 2.60 bits per heavy atom. The molecule has 0 saturated heterocycles. The molecule has 0 aliphatic carbocycles. The van der Waals surface area contributed by atoms with Crippen LogP contribution in [0.4, 0.5) is 5.69 Å². The van der Waals surface area contributed by atoms with Gasteiger partial charge in [-0.3, -0.25) is 4.79 Å². The first-order chi connectivity index (χ1) is 9.49. The van der Waals surface area contributed by atoms with Crippen molar-refractivity contribution >= 4 is 34.8 Å². The zero-order valence-electron chi connectivity index (χ0n) is 10.4. The summed E-state index contributed by atoms with van der Waals surface area (Å²) in [6.07, 6.45) is 0. The lowest BCUT2D eigenvalue weighted by molar-refractivity contribution is 0.100. The summed E-state index contributed by atoms with van der Waals surface area (Å²) < 4.78 is 0. The molecule has 0 aromatic heterocycles. The lowest BCUT2D eigenvalue weighted by atomic mass is 10.1. The molecule has 1 amide bonds. The van der Waals surface area contributed by atoms with Crippen LogP contribution in [0.15, 0.2) is 36.4 Å². The SMILES string of the molecule is NC(=O)c1cc(NCc2c(O)cccc2Cl)ccc1Cl. The highest BCUT2D eigenvalue weighted by molar-refractivity contribution is 6.34. The van der Waals surface area contributed by atoms with Crippen molar-refractivity contribution in [2.24, 2.45) is 5.73 Å². The standard InChI is InChI=1S/C14H12Cl2N2O2/c15-11-2-1-3-13(19)10(11)7-18-8-4-5-12(16)9(6-8)14(17)20/h1-6,18-19H,7H2,(H2,17,20). The summed E-state index contributed by atoms with van der Waals surface area (Å²) in [5, 5.41) is 13.5. The minimum absolute atomic E-state index is 0.106. The molecule has 0 aliphatic rings. The fourth-order valence-electron chi connectivity index (χ4n) is 1.74. The Morgan fingerprint density at radius 2 is 1.95 bits per heavy atom. The highest BCUT2D eigenvalue weighted by atomic mass is 35.5. The van der Waals surface area contributed by atoms with Gasteiger partial charge in [0.25, 0.3) is 0 Å². The van der Waals surface area contributed by atoms with Crippen LogP contribution in [0.25, 0.3) is 0 Å². The van der Waals surface area contributed by atoms with Gasteiger partial charge >= 0.3 is 0 Å². The summed E-state index contributed by atoms with van der Waals surface area (Å²) in [6, 6.07) is 9.75. The fourth-order valence-corrected chi connectivity index (χ4v) is 2.18. The van der Waals surface area contributed by atoms with E-state index >= 15 is 0 Å². The molecule has 0 aliphatic heterocycles. The number of phenols is 1. The molecule has 6 heteroatoms. The Hall–Kier alpha value is -1.91. The number of anilines is 1. The van der Waals surface area contributed by atoms with Crippen LogP contribution in [-0.4, -0.2) is 11.0 Å². The molecule has 0 spiro atoms. The van der Waals surface area contributed by atoms with Crippen LogP contribution in [0.5, 0.6) is 5.75 Å². The predicted octanol–water partition coefficient (Wildman–Crippen LogP) is 3.41. The number of primary amides is 1. The molecule has 0 atom stereocenters. The third-order valence-corrected chi connectivity index (χ3v) is 3.48. The summed E-state index contributed by atoms with van der Waals surface area (Å²) in [4.78, 5) is 11.2. The first kappa shape index (κ1) is 14.5. The van der Waals surface area contributed by atoms with Gasteiger partial charge in [-0.05, 0) is 30.3 Å². The van der Waals surface area contributed by atoms with E-state index in [1.54, 1.807) is 36.4 Å². The Labute approximate surface area is 126 Å². The normalized spacial score (nSPS) is 10.3. The Morgan fingerprint density at radius 1 is 1.20 bits per heavy atom.